The molecule has 1 aromatic rings. The van der Waals surface area contributed by atoms with Gasteiger partial charge in [-0.05, 0) is 24.8 Å². The summed E-state index contributed by atoms with van der Waals surface area (Å²) in [4.78, 5) is 0. The highest BCUT2D eigenvalue weighted by molar-refractivity contribution is 7.85. The fourth-order valence-electron chi connectivity index (χ4n) is 1.25. The van der Waals surface area contributed by atoms with Gasteiger partial charge in [-0.3, -0.25) is 0 Å². The van der Waals surface area contributed by atoms with Crippen molar-refractivity contribution in [2.24, 2.45) is 0 Å². The Labute approximate surface area is 84.5 Å². The lowest BCUT2D eigenvalue weighted by Crippen LogP contribution is -2.02. The summed E-state index contributed by atoms with van der Waals surface area (Å²) in [5.74, 6) is -0.250. The maximum Gasteiger partial charge on any atom is 0.294 e. The predicted molar refractivity (Wildman–Crippen MR) is 53.9 cm³/mol. The molecule has 0 N–H and O–H groups in total. The molecule has 0 amide bonds. The Morgan fingerprint density at radius 2 is 1.64 bits per heavy atom. The van der Waals surface area contributed by atoms with Crippen LogP contribution in [0.15, 0.2) is 30.3 Å². The van der Waals surface area contributed by atoms with Crippen molar-refractivity contribution >= 4 is 10.1 Å². The minimum absolute atomic E-state index is 0.250. The molecule has 0 heterocycles. The summed E-state index contributed by atoms with van der Waals surface area (Å²) in [6.07, 6.45) is 2.02. The average molecular weight is 213 g/mol. The van der Waals surface area contributed by atoms with Crippen LogP contribution in [0.5, 0.6) is 0 Å². The molecule has 0 aliphatic carbocycles. The second-order valence-electron chi connectivity index (χ2n) is 3.20. The highest BCUT2D eigenvalue weighted by Crippen LogP contribution is 2.05. The molecular formula is C10H13O3S. The first-order chi connectivity index (χ1) is 6.58. The smallest absolute Gasteiger partial charge is 0.197 e. The molecule has 0 saturated heterocycles. The number of rotatable bonds is 5. The third-order valence-electron chi connectivity index (χ3n) is 1.95. The van der Waals surface area contributed by atoms with Crippen LogP contribution < -0.4 is 0 Å². The van der Waals surface area contributed by atoms with E-state index in [1.54, 1.807) is 0 Å². The van der Waals surface area contributed by atoms with Crippen LogP contribution in [0.3, 0.4) is 0 Å². The Morgan fingerprint density at radius 1 is 1.00 bits per heavy atom. The van der Waals surface area contributed by atoms with Gasteiger partial charge in [0, 0.05) is 0 Å². The Kier molecular flexibility index (Phi) is 4.10. The molecule has 0 unspecified atom stereocenters. The van der Waals surface area contributed by atoms with E-state index in [4.69, 9.17) is 0 Å². The summed E-state index contributed by atoms with van der Waals surface area (Å²) in [5, 5.41) is 0. The molecular weight excluding hydrogens is 200 g/mol. The first-order valence-electron chi connectivity index (χ1n) is 4.55. The molecule has 0 aliphatic rings. The zero-order valence-electron chi connectivity index (χ0n) is 7.85. The number of aryl methyl sites for hydroxylation is 1. The van der Waals surface area contributed by atoms with Crippen molar-refractivity contribution in [3.63, 3.8) is 0 Å². The number of hydrogen-bond donors (Lipinski definition) is 0. The number of hydrogen-bond acceptors (Lipinski definition) is 2. The summed E-state index contributed by atoms with van der Waals surface area (Å²) in [6, 6.07) is 9.81. The number of benzene rings is 1. The minimum atomic E-state index is -4.03. The quantitative estimate of drug-likeness (QED) is 0.700. The van der Waals surface area contributed by atoms with Gasteiger partial charge in [0.1, 0.15) is 0 Å². The first-order valence-corrected chi connectivity index (χ1v) is 6.13. The molecule has 0 fully saturated rings. The van der Waals surface area contributed by atoms with Gasteiger partial charge >= 0.3 is 0 Å². The van der Waals surface area contributed by atoms with E-state index in [-0.39, 0.29) is 5.75 Å². The number of unbranched alkanes of at least 4 members (excludes halogenated alkanes) is 1. The Bertz CT molecular complexity index is 356. The second-order valence-corrected chi connectivity index (χ2v) is 4.73. The van der Waals surface area contributed by atoms with Gasteiger partial charge in [0.05, 0.1) is 5.75 Å². The van der Waals surface area contributed by atoms with E-state index in [1.165, 1.54) is 5.56 Å². The highest BCUT2D eigenvalue weighted by atomic mass is 32.2. The first kappa shape index (κ1) is 11.2. The van der Waals surface area contributed by atoms with Crippen molar-refractivity contribution in [1.29, 1.82) is 0 Å². The van der Waals surface area contributed by atoms with Crippen LogP contribution in [0.2, 0.25) is 0 Å². The molecule has 0 spiro atoms. The van der Waals surface area contributed by atoms with Gasteiger partial charge < -0.3 is 0 Å². The molecule has 0 bridgehead atoms. The van der Waals surface area contributed by atoms with E-state index in [0.717, 1.165) is 12.8 Å². The summed E-state index contributed by atoms with van der Waals surface area (Å²) in [6.45, 7) is 0. The van der Waals surface area contributed by atoms with Gasteiger partial charge in [-0.2, -0.15) is 8.42 Å². The monoisotopic (exact) mass is 213 g/mol. The third kappa shape index (κ3) is 4.99. The van der Waals surface area contributed by atoms with E-state index >= 15 is 0 Å². The third-order valence-corrected chi connectivity index (χ3v) is 2.74. The van der Waals surface area contributed by atoms with Gasteiger partial charge in [-0.25, -0.2) is 0 Å². The zero-order chi connectivity index (χ0) is 10.4. The van der Waals surface area contributed by atoms with Crippen LogP contribution in [0.4, 0.5) is 0 Å². The van der Waals surface area contributed by atoms with Crippen molar-refractivity contribution in [3.05, 3.63) is 35.9 Å². The summed E-state index contributed by atoms with van der Waals surface area (Å²) >= 11 is 0. The molecule has 14 heavy (non-hydrogen) atoms. The Balaban J connectivity index is 2.23. The average Bonchev–Trinajstić information content (AvgIpc) is 2.13. The molecule has 1 aromatic carbocycles. The molecule has 77 valence electrons. The SMILES string of the molecule is [O]S(=O)(=O)CCCCc1ccccc1. The van der Waals surface area contributed by atoms with Crippen LogP contribution >= 0.6 is 0 Å². The normalized spacial score (nSPS) is 11.5. The van der Waals surface area contributed by atoms with Gasteiger partial charge in [-0.15, -0.1) is 0 Å². The molecule has 0 aromatic heterocycles. The molecule has 0 atom stereocenters. The van der Waals surface area contributed by atoms with Crippen LogP contribution in [0.25, 0.3) is 0 Å². The Hall–Kier alpha value is -0.870. The molecule has 0 aliphatic heterocycles. The van der Waals surface area contributed by atoms with E-state index in [2.05, 4.69) is 0 Å². The standard InChI is InChI=1S/C10H13O3S/c11-14(12,13)9-5-4-8-10-6-2-1-3-7-10/h1-3,6-7H,4-5,8-9H2. The van der Waals surface area contributed by atoms with E-state index in [9.17, 15) is 13.0 Å². The fourth-order valence-corrected chi connectivity index (χ4v) is 1.81. The van der Waals surface area contributed by atoms with Gasteiger partial charge in [0.2, 0.25) is 0 Å². The van der Waals surface area contributed by atoms with E-state index in [0.29, 0.717) is 6.42 Å². The van der Waals surface area contributed by atoms with Crippen molar-refractivity contribution in [2.45, 2.75) is 19.3 Å². The lowest BCUT2D eigenvalue weighted by molar-refractivity contribution is 0.412. The molecule has 1 radical (unpaired) electrons. The summed E-state index contributed by atoms with van der Waals surface area (Å²) < 4.78 is 30.9. The van der Waals surface area contributed by atoms with Crippen LogP contribution in [-0.2, 0) is 21.1 Å². The van der Waals surface area contributed by atoms with Crippen LogP contribution in [-0.4, -0.2) is 14.2 Å². The fraction of sp³-hybridized carbons (Fsp3) is 0.400. The Morgan fingerprint density at radius 3 is 2.21 bits per heavy atom. The van der Waals surface area contributed by atoms with Crippen LogP contribution in [0, 0.1) is 0 Å². The molecule has 4 heteroatoms. The van der Waals surface area contributed by atoms with Gasteiger partial charge in [0.15, 0.2) is 0 Å². The van der Waals surface area contributed by atoms with Crippen LogP contribution in [0.1, 0.15) is 18.4 Å². The maximum absolute atomic E-state index is 10.3. The van der Waals surface area contributed by atoms with Gasteiger partial charge in [-0.1, -0.05) is 34.9 Å². The molecule has 0 saturated carbocycles. The maximum atomic E-state index is 10.3. The van der Waals surface area contributed by atoms with E-state index < -0.39 is 10.1 Å². The van der Waals surface area contributed by atoms with Crippen molar-refractivity contribution in [3.8, 4) is 0 Å². The lowest BCUT2D eigenvalue weighted by Gasteiger charge is -1.99. The summed E-state index contributed by atoms with van der Waals surface area (Å²) in [5.41, 5.74) is 1.18. The minimum Gasteiger partial charge on any atom is -0.197 e. The summed E-state index contributed by atoms with van der Waals surface area (Å²) in [7, 11) is -4.03. The second kappa shape index (κ2) is 5.12. The van der Waals surface area contributed by atoms with E-state index in [1.807, 2.05) is 30.3 Å². The predicted octanol–water partition coefficient (Wildman–Crippen LogP) is 1.77. The lowest BCUT2D eigenvalue weighted by atomic mass is 10.1. The van der Waals surface area contributed by atoms with Crippen molar-refractivity contribution < 1.29 is 13.0 Å². The zero-order valence-corrected chi connectivity index (χ0v) is 8.66. The van der Waals surface area contributed by atoms with Crippen molar-refractivity contribution in [2.75, 3.05) is 5.75 Å². The molecule has 3 nitrogen and oxygen atoms in total. The topological polar surface area (TPSA) is 54.0 Å². The van der Waals surface area contributed by atoms with Gasteiger partial charge in [0.25, 0.3) is 10.1 Å². The molecule has 1 rings (SSSR count). The van der Waals surface area contributed by atoms with Crippen molar-refractivity contribution in [1.82, 2.24) is 0 Å². The largest absolute Gasteiger partial charge is 0.294 e. The highest BCUT2D eigenvalue weighted by Gasteiger charge is 2.05.